The monoisotopic (exact) mass is 244 g/mol. The van der Waals surface area contributed by atoms with Crippen molar-refractivity contribution in [2.45, 2.75) is 38.8 Å². The molecule has 0 fully saturated rings. The van der Waals surface area contributed by atoms with E-state index in [1.54, 1.807) is 6.20 Å². The molecule has 3 nitrogen and oxygen atoms in total. The third kappa shape index (κ3) is 2.79. The molecule has 0 atom stereocenters. The van der Waals surface area contributed by atoms with Crippen LogP contribution in [0.3, 0.4) is 0 Å². The normalized spacial score (nSPS) is 10.9. The van der Waals surface area contributed by atoms with Crippen LogP contribution in [0.4, 0.5) is 0 Å². The number of rotatable bonds is 7. The number of hydrogen-bond acceptors (Lipinski definition) is 2. The summed E-state index contributed by atoms with van der Waals surface area (Å²) in [7, 11) is 0. The Morgan fingerprint density at radius 3 is 3.00 bits per heavy atom. The predicted molar refractivity (Wildman–Crippen MR) is 74.3 cm³/mol. The van der Waals surface area contributed by atoms with Crippen LogP contribution in [-0.2, 0) is 13.2 Å². The average molecular weight is 244 g/mol. The van der Waals surface area contributed by atoms with Gasteiger partial charge < -0.3 is 9.67 Å². The van der Waals surface area contributed by atoms with E-state index < -0.39 is 0 Å². The van der Waals surface area contributed by atoms with Crippen molar-refractivity contribution in [2.24, 2.45) is 0 Å². The van der Waals surface area contributed by atoms with Crippen molar-refractivity contribution in [3.8, 4) is 0 Å². The first-order valence-electron chi connectivity index (χ1n) is 6.51. The van der Waals surface area contributed by atoms with E-state index in [9.17, 15) is 5.11 Å². The molecule has 0 aromatic carbocycles. The van der Waals surface area contributed by atoms with Gasteiger partial charge in [0, 0.05) is 29.9 Å². The van der Waals surface area contributed by atoms with Crippen molar-refractivity contribution in [3.63, 3.8) is 0 Å². The molecule has 0 aliphatic heterocycles. The van der Waals surface area contributed by atoms with Crippen molar-refractivity contribution < 1.29 is 5.11 Å². The molecule has 2 rings (SSSR count). The van der Waals surface area contributed by atoms with Gasteiger partial charge in [0.05, 0.1) is 6.61 Å². The molecule has 0 spiro atoms. The van der Waals surface area contributed by atoms with Gasteiger partial charge in [-0.25, -0.2) is 4.98 Å². The lowest BCUT2D eigenvalue weighted by Gasteiger charge is -2.03. The molecule has 0 aliphatic rings. The van der Waals surface area contributed by atoms with E-state index in [2.05, 4.69) is 16.1 Å². The van der Waals surface area contributed by atoms with Gasteiger partial charge in [0.1, 0.15) is 5.65 Å². The van der Waals surface area contributed by atoms with E-state index in [1.807, 2.05) is 24.4 Å². The molecular formula is C15H20N2O. The molecule has 0 amide bonds. The molecular weight excluding hydrogens is 224 g/mol. The first-order valence-corrected chi connectivity index (χ1v) is 6.51. The van der Waals surface area contributed by atoms with Crippen molar-refractivity contribution in [1.29, 1.82) is 0 Å². The standard InChI is InChI=1S/C15H20N2O/c1-2-3-4-5-6-10-17-11-13(12-18)14-8-7-9-16-15(14)17/h2,7-9,11,18H,1,3-6,10,12H2. The van der Waals surface area contributed by atoms with E-state index in [0.717, 1.165) is 36.0 Å². The Labute approximate surface area is 108 Å². The molecule has 2 aromatic rings. The lowest BCUT2D eigenvalue weighted by atomic mass is 10.2. The van der Waals surface area contributed by atoms with Crippen LogP contribution in [0.25, 0.3) is 11.0 Å². The largest absolute Gasteiger partial charge is 0.392 e. The van der Waals surface area contributed by atoms with Gasteiger partial charge in [0.25, 0.3) is 0 Å². The molecule has 0 saturated heterocycles. The van der Waals surface area contributed by atoms with E-state index in [-0.39, 0.29) is 6.61 Å². The summed E-state index contributed by atoms with van der Waals surface area (Å²) in [5.74, 6) is 0. The number of aromatic nitrogens is 2. The van der Waals surface area contributed by atoms with Gasteiger partial charge in [-0.1, -0.05) is 12.5 Å². The van der Waals surface area contributed by atoms with Crippen LogP contribution in [-0.4, -0.2) is 14.7 Å². The maximum Gasteiger partial charge on any atom is 0.140 e. The predicted octanol–water partition coefficient (Wildman–Crippen LogP) is 3.28. The van der Waals surface area contributed by atoms with Crippen molar-refractivity contribution in [2.75, 3.05) is 0 Å². The quantitative estimate of drug-likeness (QED) is 0.599. The highest BCUT2D eigenvalue weighted by Gasteiger charge is 2.07. The Morgan fingerprint density at radius 1 is 1.33 bits per heavy atom. The van der Waals surface area contributed by atoms with E-state index in [0.29, 0.717) is 0 Å². The zero-order valence-electron chi connectivity index (χ0n) is 10.7. The summed E-state index contributed by atoms with van der Waals surface area (Å²) in [6.07, 6.45) is 10.4. The number of aryl methyl sites for hydroxylation is 1. The second-order valence-electron chi connectivity index (χ2n) is 4.52. The van der Waals surface area contributed by atoms with Crippen LogP contribution in [0.2, 0.25) is 0 Å². The van der Waals surface area contributed by atoms with Crippen molar-refractivity contribution in [3.05, 3.63) is 42.7 Å². The highest BCUT2D eigenvalue weighted by atomic mass is 16.3. The summed E-state index contributed by atoms with van der Waals surface area (Å²) in [6, 6.07) is 3.93. The fourth-order valence-corrected chi connectivity index (χ4v) is 2.24. The lowest BCUT2D eigenvalue weighted by Crippen LogP contribution is -1.97. The van der Waals surface area contributed by atoms with Crippen LogP contribution in [0.1, 0.15) is 31.2 Å². The van der Waals surface area contributed by atoms with Gasteiger partial charge in [-0.05, 0) is 31.4 Å². The number of unbranched alkanes of at least 4 members (excludes halogenated alkanes) is 3. The molecule has 0 aliphatic carbocycles. The molecule has 0 unspecified atom stereocenters. The average Bonchev–Trinajstić information content (AvgIpc) is 2.77. The smallest absolute Gasteiger partial charge is 0.140 e. The van der Waals surface area contributed by atoms with Gasteiger partial charge in [0.15, 0.2) is 0 Å². The Balaban J connectivity index is 2.06. The lowest BCUT2D eigenvalue weighted by molar-refractivity contribution is 0.283. The molecule has 1 N–H and O–H groups in total. The SMILES string of the molecule is C=CCCCCCn1cc(CO)c2cccnc21. The minimum atomic E-state index is 0.0751. The van der Waals surface area contributed by atoms with E-state index in [4.69, 9.17) is 0 Å². The van der Waals surface area contributed by atoms with Gasteiger partial charge in [-0.15, -0.1) is 6.58 Å². The Kier molecular flexibility index (Phi) is 4.53. The Morgan fingerprint density at radius 2 is 2.22 bits per heavy atom. The zero-order valence-corrected chi connectivity index (χ0v) is 10.7. The summed E-state index contributed by atoms with van der Waals surface area (Å²) in [4.78, 5) is 4.40. The third-order valence-electron chi connectivity index (χ3n) is 3.19. The first-order chi connectivity index (χ1) is 8.86. The number of allylic oxidation sites excluding steroid dienone is 1. The van der Waals surface area contributed by atoms with Crippen molar-refractivity contribution in [1.82, 2.24) is 9.55 Å². The van der Waals surface area contributed by atoms with Gasteiger partial charge in [-0.3, -0.25) is 0 Å². The maximum absolute atomic E-state index is 9.34. The summed E-state index contributed by atoms with van der Waals surface area (Å²) in [5, 5.41) is 10.4. The fourth-order valence-electron chi connectivity index (χ4n) is 2.24. The molecule has 96 valence electrons. The molecule has 2 aromatic heterocycles. The van der Waals surface area contributed by atoms with Crippen LogP contribution >= 0.6 is 0 Å². The summed E-state index contributed by atoms with van der Waals surface area (Å²) in [5.41, 5.74) is 1.94. The highest BCUT2D eigenvalue weighted by Crippen LogP contribution is 2.20. The second-order valence-corrected chi connectivity index (χ2v) is 4.52. The highest BCUT2D eigenvalue weighted by molar-refractivity contribution is 5.80. The minimum Gasteiger partial charge on any atom is -0.392 e. The number of nitrogens with zero attached hydrogens (tertiary/aromatic N) is 2. The van der Waals surface area contributed by atoms with Crippen molar-refractivity contribution >= 4 is 11.0 Å². The first kappa shape index (κ1) is 12.8. The van der Waals surface area contributed by atoms with Gasteiger partial charge in [0.2, 0.25) is 0 Å². The molecule has 3 heteroatoms. The third-order valence-corrected chi connectivity index (χ3v) is 3.19. The summed E-state index contributed by atoms with van der Waals surface area (Å²) in [6.45, 7) is 4.77. The fraction of sp³-hybridized carbons (Fsp3) is 0.400. The summed E-state index contributed by atoms with van der Waals surface area (Å²) >= 11 is 0. The number of aliphatic hydroxyl groups excluding tert-OH is 1. The zero-order chi connectivity index (χ0) is 12.8. The molecule has 0 radical (unpaired) electrons. The Hall–Kier alpha value is -1.61. The molecule has 18 heavy (non-hydrogen) atoms. The molecule has 0 saturated carbocycles. The molecule has 2 heterocycles. The van der Waals surface area contributed by atoms with Crippen LogP contribution in [0, 0.1) is 0 Å². The number of hydrogen-bond donors (Lipinski definition) is 1. The van der Waals surface area contributed by atoms with Gasteiger partial charge >= 0.3 is 0 Å². The minimum absolute atomic E-state index is 0.0751. The number of aliphatic hydroxyl groups is 1. The summed E-state index contributed by atoms with van der Waals surface area (Å²) < 4.78 is 2.15. The molecule has 0 bridgehead atoms. The Bertz CT molecular complexity index is 516. The number of pyridine rings is 1. The van der Waals surface area contributed by atoms with Gasteiger partial charge in [-0.2, -0.15) is 0 Å². The van der Waals surface area contributed by atoms with E-state index in [1.165, 1.54) is 12.8 Å². The maximum atomic E-state index is 9.34. The van der Waals surface area contributed by atoms with Crippen LogP contribution in [0.15, 0.2) is 37.2 Å². The topological polar surface area (TPSA) is 38.0 Å². The second kappa shape index (κ2) is 6.36. The van der Waals surface area contributed by atoms with E-state index >= 15 is 0 Å². The van der Waals surface area contributed by atoms with Crippen LogP contribution < -0.4 is 0 Å². The number of fused-ring (bicyclic) bond motifs is 1. The van der Waals surface area contributed by atoms with Crippen LogP contribution in [0.5, 0.6) is 0 Å².